The number of aromatic nitrogens is 2. The van der Waals surface area contributed by atoms with Crippen molar-refractivity contribution in [3.8, 4) is 0 Å². The van der Waals surface area contributed by atoms with Gasteiger partial charge in [0, 0.05) is 11.6 Å². The molecule has 0 N–H and O–H groups in total. The number of Topliss-reactive ketones (excluding diaryl/α,β-unsaturated/α-hetero) is 1. The molecule has 0 aromatic carbocycles. The van der Waals surface area contributed by atoms with Crippen molar-refractivity contribution in [3.63, 3.8) is 0 Å². The molecule has 0 radical (unpaired) electrons. The third kappa shape index (κ3) is 1.82. The number of hydrogen-bond acceptors (Lipinski definition) is 3. The van der Waals surface area contributed by atoms with Crippen LogP contribution >= 0.6 is 11.3 Å². The molecule has 0 amide bonds. The molecule has 2 rings (SSSR count). The third-order valence-corrected chi connectivity index (χ3v) is 2.96. The van der Waals surface area contributed by atoms with Crippen LogP contribution in [0, 0.1) is 6.92 Å². The third-order valence-electron chi connectivity index (χ3n) is 2.21. The summed E-state index contributed by atoms with van der Waals surface area (Å²) >= 11 is 1.32. The number of nitrogens with zero attached hydrogens (tertiary/aromatic N) is 2. The number of ketones is 1. The summed E-state index contributed by atoms with van der Waals surface area (Å²) in [6.07, 6.45) is -3.83. The number of imidazole rings is 1. The fourth-order valence-electron chi connectivity index (χ4n) is 1.41. The number of fused-ring (bicyclic) bond motifs is 1. The Morgan fingerprint density at radius 3 is 2.88 bits per heavy atom. The Morgan fingerprint density at radius 2 is 2.25 bits per heavy atom. The smallest absolute Gasteiger partial charge is 0.294 e. The molecule has 0 spiro atoms. The van der Waals surface area contributed by atoms with Crippen LogP contribution in [0.4, 0.5) is 13.2 Å². The minimum absolute atomic E-state index is 0.304. The number of carbonyl (C=O) groups excluding carboxylic acids is 1. The first-order valence-electron chi connectivity index (χ1n) is 4.40. The van der Waals surface area contributed by atoms with Gasteiger partial charge in [-0.2, -0.15) is 13.2 Å². The van der Waals surface area contributed by atoms with Gasteiger partial charge in [-0.3, -0.25) is 9.20 Å². The standard InChI is InChI=1S/C9H7F3N2OS/c1-5-6(4-7(15)9(10,11)12)14-2-3-16-8(14)13-5/h2-3H,4H2,1H3. The maximum Gasteiger partial charge on any atom is 0.450 e. The Hall–Kier alpha value is -1.37. The van der Waals surface area contributed by atoms with Crippen molar-refractivity contribution in [1.29, 1.82) is 0 Å². The van der Waals surface area contributed by atoms with E-state index in [2.05, 4.69) is 4.98 Å². The number of rotatable bonds is 2. The second-order valence-electron chi connectivity index (χ2n) is 3.30. The van der Waals surface area contributed by atoms with Gasteiger partial charge in [-0.15, -0.1) is 11.3 Å². The zero-order valence-electron chi connectivity index (χ0n) is 8.21. The van der Waals surface area contributed by atoms with Crippen molar-refractivity contribution in [2.75, 3.05) is 0 Å². The fraction of sp³-hybridized carbons (Fsp3) is 0.333. The first kappa shape index (κ1) is 11.1. The van der Waals surface area contributed by atoms with Crippen LogP contribution in [0.5, 0.6) is 0 Å². The predicted octanol–water partition coefficient (Wildman–Crippen LogP) is 2.38. The van der Waals surface area contributed by atoms with Crippen molar-refractivity contribution < 1.29 is 18.0 Å². The molecule has 0 fully saturated rings. The molecule has 2 aromatic rings. The summed E-state index contributed by atoms with van der Waals surface area (Å²) in [4.78, 5) is 15.6. The summed E-state index contributed by atoms with van der Waals surface area (Å²) in [5.74, 6) is -1.75. The van der Waals surface area contributed by atoms with E-state index < -0.39 is 18.4 Å². The van der Waals surface area contributed by atoms with Gasteiger partial charge in [-0.05, 0) is 6.92 Å². The molecule has 86 valence electrons. The Bertz CT molecular complexity index is 540. The van der Waals surface area contributed by atoms with E-state index in [9.17, 15) is 18.0 Å². The Balaban J connectivity index is 2.37. The largest absolute Gasteiger partial charge is 0.450 e. The van der Waals surface area contributed by atoms with Crippen LogP contribution in [0.15, 0.2) is 11.6 Å². The van der Waals surface area contributed by atoms with Gasteiger partial charge < -0.3 is 0 Å². The van der Waals surface area contributed by atoms with Crippen LogP contribution < -0.4 is 0 Å². The minimum atomic E-state index is -4.79. The van der Waals surface area contributed by atoms with E-state index in [1.54, 1.807) is 18.5 Å². The fourth-order valence-corrected chi connectivity index (χ4v) is 2.18. The van der Waals surface area contributed by atoms with Gasteiger partial charge in [0.1, 0.15) is 0 Å². The molecular formula is C9H7F3N2OS. The normalized spacial score (nSPS) is 12.2. The highest BCUT2D eigenvalue weighted by molar-refractivity contribution is 7.15. The highest BCUT2D eigenvalue weighted by Crippen LogP contribution is 2.22. The van der Waals surface area contributed by atoms with E-state index in [0.717, 1.165) is 0 Å². The van der Waals surface area contributed by atoms with Gasteiger partial charge in [-0.25, -0.2) is 4.98 Å². The molecule has 0 saturated heterocycles. The molecule has 2 aromatic heterocycles. The molecule has 16 heavy (non-hydrogen) atoms. The van der Waals surface area contributed by atoms with Gasteiger partial charge in [0.2, 0.25) is 5.78 Å². The van der Waals surface area contributed by atoms with Crippen LogP contribution in [0.2, 0.25) is 0 Å². The summed E-state index contributed by atoms with van der Waals surface area (Å²) in [5, 5.41) is 1.71. The van der Waals surface area contributed by atoms with Crippen molar-refractivity contribution >= 4 is 22.1 Å². The quantitative estimate of drug-likeness (QED) is 0.817. The number of halogens is 3. The maximum atomic E-state index is 12.1. The van der Waals surface area contributed by atoms with E-state index in [4.69, 9.17) is 0 Å². The van der Waals surface area contributed by atoms with Crippen LogP contribution in [-0.2, 0) is 11.2 Å². The lowest BCUT2D eigenvalue weighted by Crippen LogP contribution is -2.25. The number of carbonyl (C=O) groups is 1. The van der Waals surface area contributed by atoms with E-state index in [1.165, 1.54) is 15.7 Å². The lowest BCUT2D eigenvalue weighted by Gasteiger charge is -2.04. The van der Waals surface area contributed by atoms with Crippen molar-refractivity contribution in [1.82, 2.24) is 9.38 Å². The molecule has 0 aliphatic heterocycles. The first-order valence-corrected chi connectivity index (χ1v) is 5.28. The van der Waals surface area contributed by atoms with E-state index >= 15 is 0 Å². The average Bonchev–Trinajstić information content (AvgIpc) is 2.68. The predicted molar refractivity (Wildman–Crippen MR) is 52.6 cm³/mol. The number of aryl methyl sites for hydroxylation is 1. The van der Waals surface area contributed by atoms with Gasteiger partial charge in [-0.1, -0.05) is 0 Å². The van der Waals surface area contributed by atoms with Gasteiger partial charge in [0.25, 0.3) is 0 Å². The first-order chi connectivity index (χ1) is 7.39. The molecule has 7 heteroatoms. The summed E-state index contributed by atoms with van der Waals surface area (Å²) in [6.45, 7) is 1.60. The lowest BCUT2D eigenvalue weighted by atomic mass is 10.2. The summed E-state index contributed by atoms with van der Waals surface area (Å²) < 4.78 is 37.9. The van der Waals surface area contributed by atoms with Crippen molar-refractivity contribution in [3.05, 3.63) is 23.0 Å². The average molecular weight is 248 g/mol. The zero-order chi connectivity index (χ0) is 11.9. The highest BCUT2D eigenvalue weighted by atomic mass is 32.1. The molecule has 0 bridgehead atoms. The molecule has 2 heterocycles. The van der Waals surface area contributed by atoms with Gasteiger partial charge in [0.05, 0.1) is 17.8 Å². The van der Waals surface area contributed by atoms with Crippen LogP contribution in [0.25, 0.3) is 4.96 Å². The topological polar surface area (TPSA) is 34.4 Å². The number of hydrogen-bond donors (Lipinski definition) is 0. The number of thiazole rings is 1. The summed E-state index contributed by atoms with van der Waals surface area (Å²) in [6, 6.07) is 0. The number of alkyl halides is 3. The minimum Gasteiger partial charge on any atom is -0.294 e. The molecule has 0 aliphatic carbocycles. The molecule has 3 nitrogen and oxygen atoms in total. The maximum absolute atomic E-state index is 12.1. The van der Waals surface area contributed by atoms with E-state index in [0.29, 0.717) is 16.3 Å². The monoisotopic (exact) mass is 248 g/mol. The van der Waals surface area contributed by atoms with Crippen molar-refractivity contribution in [2.24, 2.45) is 0 Å². The van der Waals surface area contributed by atoms with Crippen LogP contribution in [-0.4, -0.2) is 21.3 Å². The second kappa shape index (κ2) is 3.58. The van der Waals surface area contributed by atoms with Crippen LogP contribution in [0.3, 0.4) is 0 Å². The Morgan fingerprint density at radius 1 is 1.56 bits per heavy atom. The molecule has 0 unspecified atom stereocenters. The SMILES string of the molecule is Cc1nc2sccn2c1CC(=O)C(F)(F)F. The molecular weight excluding hydrogens is 241 g/mol. The van der Waals surface area contributed by atoms with Gasteiger partial charge in [0.15, 0.2) is 4.96 Å². The highest BCUT2D eigenvalue weighted by Gasteiger charge is 2.38. The van der Waals surface area contributed by atoms with Crippen LogP contribution in [0.1, 0.15) is 11.4 Å². The van der Waals surface area contributed by atoms with E-state index in [1.807, 2.05) is 0 Å². The Labute approximate surface area is 92.5 Å². The molecule has 0 saturated carbocycles. The summed E-state index contributed by atoms with van der Waals surface area (Å²) in [5.41, 5.74) is 0.767. The second-order valence-corrected chi connectivity index (χ2v) is 4.17. The van der Waals surface area contributed by atoms with E-state index in [-0.39, 0.29) is 0 Å². The lowest BCUT2D eigenvalue weighted by molar-refractivity contribution is -0.170. The zero-order valence-corrected chi connectivity index (χ0v) is 9.02. The van der Waals surface area contributed by atoms with Crippen molar-refractivity contribution in [2.45, 2.75) is 19.5 Å². The molecule has 0 aliphatic rings. The Kier molecular flexibility index (Phi) is 2.49. The summed E-state index contributed by atoms with van der Waals surface area (Å²) in [7, 11) is 0. The van der Waals surface area contributed by atoms with Gasteiger partial charge >= 0.3 is 6.18 Å². The molecule has 0 atom stereocenters.